The summed E-state index contributed by atoms with van der Waals surface area (Å²) in [6.07, 6.45) is 1.06. The minimum atomic E-state index is -0.783. The van der Waals surface area contributed by atoms with Crippen molar-refractivity contribution in [3.63, 3.8) is 0 Å². The van der Waals surface area contributed by atoms with E-state index in [2.05, 4.69) is 37.0 Å². The fourth-order valence-corrected chi connectivity index (χ4v) is 3.44. The summed E-state index contributed by atoms with van der Waals surface area (Å²) in [5.74, 6) is -1.30. The molecule has 0 saturated heterocycles. The first-order valence-electron chi connectivity index (χ1n) is 6.45. The van der Waals surface area contributed by atoms with Crippen LogP contribution < -0.4 is 5.73 Å². The van der Waals surface area contributed by atoms with Crippen molar-refractivity contribution in [3.05, 3.63) is 49.7 Å². The third-order valence-electron chi connectivity index (χ3n) is 3.33. The molecule has 2 N–H and O–H groups in total. The van der Waals surface area contributed by atoms with Crippen LogP contribution in [0.25, 0.3) is 0 Å². The maximum atomic E-state index is 14.0. The van der Waals surface area contributed by atoms with Crippen LogP contribution in [0.2, 0.25) is 0 Å². The van der Waals surface area contributed by atoms with Crippen LogP contribution in [0, 0.1) is 11.6 Å². The molecule has 3 nitrogen and oxygen atoms in total. The average molecular weight is 423 g/mol. The van der Waals surface area contributed by atoms with Gasteiger partial charge < -0.3 is 5.73 Å². The van der Waals surface area contributed by atoms with Gasteiger partial charge in [0.05, 0.1) is 15.9 Å². The Labute approximate surface area is 138 Å². The number of nitrogens with zero attached hydrogens (tertiary/aromatic N) is 2. The normalized spacial score (nSPS) is 12.7. The van der Waals surface area contributed by atoms with Crippen LogP contribution in [0.4, 0.5) is 8.78 Å². The van der Waals surface area contributed by atoms with Crippen LogP contribution in [-0.4, -0.2) is 9.78 Å². The van der Waals surface area contributed by atoms with Crippen molar-refractivity contribution in [3.8, 4) is 0 Å². The Kier molecular flexibility index (Phi) is 5.16. The first kappa shape index (κ1) is 16.6. The smallest absolute Gasteiger partial charge is 0.132 e. The number of hydrogen-bond donors (Lipinski definition) is 1. The van der Waals surface area contributed by atoms with Crippen molar-refractivity contribution in [2.75, 3.05) is 0 Å². The zero-order valence-electron chi connectivity index (χ0n) is 11.6. The minimum absolute atomic E-state index is 0.107. The van der Waals surface area contributed by atoms with E-state index in [1.165, 1.54) is 12.1 Å². The SMILES string of the molecule is CCc1nn(C)c(CC(N)c2c(F)cc(Br)cc2F)c1Br. The second-order valence-corrected chi connectivity index (χ2v) is 6.49. The predicted molar refractivity (Wildman–Crippen MR) is 85.0 cm³/mol. The number of aryl methyl sites for hydroxylation is 2. The molecule has 2 rings (SSSR count). The van der Waals surface area contributed by atoms with Gasteiger partial charge in [-0.05, 0) is 34.5 Å². The monoisotopic (exact) mass is 421 g/mol. The summed E-state index contributed by atoms with van der Waals surface area (Å²) in [7, 11) is 1.79. The highest BCUT2D eigenvalue weighted by Crippen LogP contribution is 2.29. The second kappa shape index (κ2) is 6.54. The summed E-state index contributed by atoms with van der Waals surface area (Å²) < 4.78 is 30.8. The minimum Gasteiger partial charge on any atom is -0.323 e. The predicted octanol–water partition coefficient (Wildman–Crippen LogP) is 4.03. The van der Waals surface area contributed by atoms with E-state index in [0.29, 0.717) is 10.9 Å². The molecule has 1 unspecified atom stereocenters. The Morgan fingerprint density at radius 1 is 1.29 bits per heavy atom. The van der Waals surface area contributed by atoms with Gasteiger partial charge in [0.1, 0.15) is 11.6 Å². The molecule has 1 aromatic carbocycles. The number of aromatic nitrogens is 2. The third-order valence-corrected chi connectivity index (χ3v) is 4.70. The molecule has 21 heavy (non-hydrogen) atoms. The lowest BCUT2D eigenvalue weighted by Gasteiger charge is -2.15. The topological polar surface area (TPSA) is 43.8 Å². The van der Waals surface area contributed by atoms with Crippen molar-refractivity contribution in [1.82, 2.24) is 9.78 Å². The zero-order chi connectivity index (χ0) is 15.7. The van der Waals surface area contributed by atoms with Gasteiger partial charge in [-0.3, -0.25) is 4.68 Å². The maximum Gasteiger partial charge on any atom is 0.132 e. The lowest BCUT2D eigenvalue weighted by molar-refractivity contribution is 0.516. The van der Waals surface area contributed by atoms with E-state index in [9.17, 15) is 8.78 Å². The van der Waals surface area contributed by atoms with E-state index in [4.69, 9.17) is 5.73 Å². The van der Waals surface area contributed by atoms with Crippen molar-refractivity contribution >= 4 is 31.9 Å². The van der Waals surface area contributed by atoms with Crippen LogP contribution >= 0.6 is 31.9 Å². The van der Waals surface area contributed by atoms with Gasteiger partial charge in [-0.1, -0.05) is 22.9 Å². The maximum absolute atomic E-state index is 14.0. The fraction of sp³-hybridized carbons (Fsp3) is 0.357. The van der Waals surface area contributed by atoms with E-state index >= 15 is 0 Å². The summed E-state index contributed by atoms with van der Waals surface area (Å²) in [6.45, 7) is 1.99. The summed E-state index contributed by atoms with van der Waals surface area (Å²) in [6, 6.07) is 1.65. The number of hydrogen-bond acceptors (Lipinski definition) is 2. The van der Waals surface area contributed by atoms with Crippen molar-refractivity contribution in [1.29, 1.82) is 0 Å². The fourth-order valence-electron chi connectivity index (χ4n) is 2.26. The van der Waals surface area contributed by atoms with Crippen LogP contribution in [0.1, 0.15) is 29.9 Å². The molecule has 114 valence electrons. The van der Waals surface area contributed by atoms with Crippen LogP contribution in [-0.2, 0) is 19.9 Å². The highest BCUT2D eigenvalue weighted by Gasteiger charge is 2.22. The van der Waals surface area contributed by atoms with E-state index < -0.39 is 17.7 Å². The molecular formula is C14H15Br2F2N3. The van der Waals surface area contributed by atoms with Gasteiger partial charge in [-0.15, -0.1) is 0 Å². The molecule has 1 heterocycles. The second-order valence-electron chi connectivity index (χ2n) is 4.78. The van der Waals surface area contributed by atoms with Crippen molar-refractivity contribution in [2.24, 2.45) is 12.8 Å². The average Bonchev–Trinajstić information content (AvgIpc) is 2.65. The molecule has 0 aliphatic rings. The zero-order valence-corrected chi connectivity index (χ0v) is 14.8. The van der Waals surface area contributed by atoms with Gasteiger partial charge in [0, 0.05) is 29.5 Å². The third kappa shape index (κ3) is 3.35. The summed E-state index contributed by atoms with van der Waals surface area (Å²) in [4.78, 5) is 0. The standard InChI is InChI=1S/C14H15Br2F2N3/c1-3-11-14(16)12(21(2)20-11)6-10(19)13-8(17)4-7(15)5-9(13)18/h4-5,10H,3,6,19H2,1-2H3. The molecule has 0 amide bonds. The van der Waals surface area contributed by atoms with Crippen LogP contribution in [0.5, 0.6) is 0 Å². The highest BCUT2D eigenvalue weighted by molar-refractivity contribution is 9.10. The van der Waals surface area contributed by atoms with Crippen LogP contribution in [0.3, 0.4) is 0 Å². The number of rotatable bonds is 4. The molecule has 1 atom stereocenters. The first-order chi connectivity index (χ1) is 9.85. The lowest BCUT2D eigenvalue weighted by Crippen LogP contribution is -2.18. The molecule has 0 aliphatic heterocycles. The largest absolute Gasteiger partial charge is 0.323 e. The Morgan fingerprint density at radius 2 is 1.86 bits per heavy atom. The van der Waals surface area contributed by atoms with Crippen molar-refractivity contribution in [2.45, 2.75) is 25.8 Å². The van der Waals surface area contributed by atoms with E-state index in [1.54, 1.807) is 11.7 Å². The number of benzene rings is 1. The molecule has 0 bridgehead atoms. The van der Waals surface area contributed by atoms with Crippen molar-refractivity contribution < 1.29 is 8.78 Å². The van der Waals surface area contributed by atoms with E-state index in [-0.39, 0.29) is 5.56 Å². The van der Waals surface area contributed by atoms with Gasteiger partial charge in [-0.25, -0.2) is 8.78 Å². The number of nitrogens with two attached hydrogens (primary N) is 1. The molecular weight excluding hydrogens is 408 g/mol. The molecule has 0 saturated carbocycles. The van der Waals surface area contributed by atoms with Gasteiger partial charge in [-0.2, -0.15) is 5.10 Å². The Hall–Kier alpha value is -0.790. The van der Waals surface area contributed by atoms with Gasteiger partial charge in [0.15, 0.2) is 0 Å². The van der Waals surface area contributed by atoms with Crippen LogP contribution in [0.15, 0.2) is 21.1 Å². The van der Waals surface area contributed by atoms with Gasteiger partial charge >= 0.3 is 0 Å². The van der Waals surface area contributed by atoms with Gasteiger partial charge in [0.25, 0.3) is 0 Å². The van der Waals surface area contributed by atoms with E-state index in [0.717, 1.165) is 22.3 Å². The number of halogens is 4. The lowest BCUT2D eigenvalue weighted by atomic mass is 10.0. The van der Waals surface area contributed by atoms with Gasteiger partial charge in [0.2, 0.25) is 0 Å². The molecule has 0 spiro atoms. The molecule has 0 radical (unpaired) electrons. The summed E-state index contributed by atoms with van der Waals surface area (Å²) in [5.41, 5.74) is 7.62. The highest BCUT2D eigenvalue weighted by atomic mass is 79.9. The molecule has 2 aromatic rings. The summed E-state index contributed by atoms with van der Waals surface area (Å²) >= 11 is 6.53. The molecule has 7 heteroatoms. The molecule has 0 aliphatic carbocycles. The Morgan fingerprint density at radius 3 is 2.33 bits per heavy atom. The molecule has 1 aromatic heterocycles. The summed E-state index contributed by atoms with van der Waals surface area (Å²) in [5, 5.41) is 4.35. The van der Waals surface area contributed by atoms with E-state index in [1.807, 2.05) is 6.92 Å². The first-order valence-corrected chi connectivity index (χ1v) is 8.04. The molecule has 0 fully saturated rings. The quantitative estimate of drug-likeness (QED) is 0.808. The Balaban J connectivity index is 2.35. The Bertz CT molecular complexity index is 647.